The highest BCUT2D eigenvalue weighted by atomic mass is 19.1. The lowest BCUT2D eigenvalue weighted by Crippen LogP contribution is -2.43. The van der Waals surface area contributed by atoms with Crippen LogP contribution in [0.2, 0.25) is 0 Å². The Hall–Kier alpha value is -3.53. The van der Waals surface area contributed by atoms with Crippen molar-refractivity contribution in [3.8, 4) is 5.88 Å². The Kier molecular flexibility index (Phi) is 6.31. The van der Waals surface area contributed by atoms with E-state index in [0.717, 1.165) is 31.7 Å². The largest absolute Gasteiger partial charge is 0.477 e. The highest BCUT2D eigenvalue weighted by Gasteiger charge is 2.24. The van der Waals surface area contributed by atoms with Crippen molar-refractivity contribution in [2.45, 2.75) is 44.7 Å². The van der Waals surface area contributed by atoms with Crippen LogP contribution in [0.1, 0.15) is 43.0 Å². The maximum Gasteiger partial charge on any atom is 0.252 e. The number of nitrogens with one attached hydrogen (secondary N) is 2. The molecule has 2 atom stereocenters. The van der Waals surface area contributed by atoms with Crippen LogP contribution in [0.15, 0.2) is 30.5 Å². The summed E-state index contributed by atoms with van der Waals surface area (Å²) in [5.41, 5.74) is 13.4. The van der Waals surface area contributed by atoms with Crippen molar-refractivity contribution >= 4 is 34.3 Å². The second-order valence-electron chi connectivity index (χ2n) is 7.75. The number of carbonyl (C=O) groups is 1. The number of amides is 1. The predicted octanol–water partition coefficient (Wildman–Crippen LogP) is 3.09. The Morgan fingerprint density at radius 3 is 2.75 bits per heavy atom. The minimum atomic E-state index is -0.790. The molecule has 1 amide bonds. The second-order valence-corrected chi connectivity index (χ2v) is 7.75. The number of anilines is 3. The molecule has 2 heterocycles. The fraction of sp³-hybridized carbons (Fsp3) is 0.364. The van der Waals surface area contributed by atoms with Crippen LogP contribution in [0, 0.1) is 5.82 Å². The molecule has 3 aromatic rings. The van der Waals surface area contributed by atoms with Crippen molar-refractivity contribution in [1.82, 2.24) is 15.0 Å². The summed E-state index contributed by atoms with van der Waals surface area (Å²) < 4.78 is 20.1. The van der Waals surface area contributed by atoms with Gasteiger partial charge in [0.1, 0.15) is 5.82 Å². The van der Waals surface area contributed by atoms with Crippen LogP contribution in [0.4, 0.5) is 21.7 Å². The molecule has 2 aromatic heterocycles. The minimum Gasteiger partial charge on any atom is -0.477 e. The van der Waals surface area contributed by atoms with Gasteiger partial charge in [-0.3, -0.25) is 4.79 Å². The van der Waals surface area contributed by atoms with Crippen molar-refractivity contribution in [1.29, 1.82) is 0 Å². The summed E-state index contributed by atoms with van der Waals surface area (Å²) in [6.07, 6.45) is 5.30. The number of hydrogen-bond acceptors (Lipinski definition) is 8. The van der Waals surface area contributed by atoms with Crippen molar-refractivity contribution in [2.75, 3.05) is 17.2 Å². The molecular formula is C22H26FN7O2. The molecule has 168 valence electrons. The molecule has 6 N–H and O–H groups in total. The van der Waals surface area contributed by atoms with Gasteiger partial charge in [-0.05, 0) is 44.0 Å². The van der Waals surface area contributed by atoms with E-state index in [1.165, 1.54) is 6.20 Å². The molecule has 1 fully saturated rings. The molecule has 10 heteroatoms. The van der Waals surface area contributed by atoms with Crippen molar-refractivity contribution in [2.24, 2.45) is 11.5 Å². The monoisotopic (exact) mass is 439 g/mol. The van der Waals surface area contributed by atoms with Crippen LogP contribution in [0.3, 0.4) is 0 Å². The Morgan fingerprint density at radius 1 is 1.19 bits per heavy atom. The summed E-state index contributed by atoms with van der Waals surface area (Å²) in [5, 5.41) is 6.15. The number of fused-ring (bicyclic) bond motifs is 1. The number of aromatic nitrogens is 3. The number of primary amides is 1. The smallest absolute Gasteiger partial charge is 0.252 e. The third-order valence-corrected chi connectivity index (χ3v) is 5.46. The maximum absolute atomic E-state index is 14.7. The SMILES string of the molecule is CCOc1cnc2cc(Nc3nc(NC4CCCCC4N)c(F)cc3C(N)=O)ccc2n1. The van der Waals surface area contributed by atoms with Gasteiger partial charge in [0.2, 0.25) is 5.88 Å². The van der Waals surface area contributed by atoms with Crippen LogP contribution in [0.25, 0.3) is 11.0 Å². The molecule has 4 rings (SSSR count). The molecular weight excluding hydrogens is 413 g/mol. The number of nitrogens with zero attached hydrogens (tertiary/aromatic N) is 3. The molecule has 1 saturated carbocycles. The van der Waals surface area contributed by atoms with Gasteiger partial charge in [0.05, 0.1) is 29.4 Å². The lowest BCUT2D eigenvalue weighted by atomic mass is 9.91. The highest BCUT2D eigenvalue weighted by Crippen LogP contribution is 2.28. The van der Waals surface area contributed by atoms with Crippen molar-refractivity contribution < 1.29 is 13.9 Å². The second kappa shape index (κ2) is 9.31. The van der Waals surface area contributed by atoms with Gasteiger partial charge in [-0.1, -0.05) is 12.8 Å². The molecule has 0 saturated heterocycles. The molecule has 1 aliphatic carbocycles. The molecule has 1 aromatic carbocycles. The van der Waals surface area contributed by atoms with E-state index in [1.807, 2.05) is 6.92 Å². The van der Waals surface area contributed by atoms with E-state index in [9.17, 15) is 9.18 Å². The number of ether oxygens (including phenoxy) is 1. The van der Waals surface area contributed by atoms with Gasteiger partial charge in [-0.15, -0.1) is 0 Å². The van der Waals surface area contributed by atoms with Crippen LogP contribution in [0.5, 0.6) is 5.88 Å². The first-order valence-electron chi connectivity index (χ1n) is 10.6. The van der Waals surface area contributed by atoms with Gasteiger partial charge >= 0.3 is 0 Å². The number of halogens is 1. The van der Waals surface area contributed by atoms with Crippen molar-refractivity contribution in [3.63, 3.8) is 0 Å². The Balaban J connectivity index is 1.64. The lowest BCUT2D eigenvalue weighted by Gasteiger charge is -2.30. The van der Waals surface area contributed by atoms with E-state index in [2.05, 4.69) is 25.6 Å². The highest BCUT2D eigenvalue weighted by molar-refractivity contribution is 5.98. The van der Waals surface area contributed by atoms with Crippen LogP contribution in [-0.4, -0.2) is 39.5 Å². The van der Waals surface area contributed by atoms with E-state index in [-0.39, 0.29) is 29.3 Å². The third-order valence-electron chi connectivity index (χ3n) is 5.46. The summed E-state index contributed by atoms with van der Waals surface area (Å²) in [5.74, 6) is -0.837. The third kappa shape index (κ3) is 4.70. The van der Waals surface area contributed by atoms with Gasteiger partial charge in [0.15, 0.2) is 11.6 Å². The predicted molar refractivity (Wildman–Crippen MR) is 121 cm³/mol. The average molecular weight is 439 g/mol. The van der Waals surface area contributed by atoms with Crippen molar-refractivity contribution in [3.05, 3.63) is 41.8 Å². The van der Waals surface area contributed by atoms with Gasteiger partial charge in [0, 0.05) is 17.8 Å². The van der Waals surface area contributed by atoms with Crippen LogP contribution >= 0.6 is 0 Å². The first kappa shape index (κ1) is 21.7. The maximum atomic E-state index is 14.7. The van der Waals surface area contributed by atoms with Gasteiger partial charge < -0.3 is 26.8 Å². The first-order valence-corrected chi connectivity index (χ1v) is 10.6. The van der Waals surface area contributed by atoms with E-state index in [1.54, 1.807) is 18.2 Å². The first-order chi connectivity index (χ1) is 15.4. The zero-order valence-corrected chi connectivity index (χ0v) is 17.8. The number of carbonyl (C=O) groups excluding carboxylic acids is 1. The quantitative estimate of drug-likeness (QED) is 0.440. The molecule has 1 aliphatic rings. The number of hydrogen-bond donors (Lipinski definition) is 4. The summed E-state index contributed by atoms with van der Waals surface area (Å²) in [6.45, 7) is 2.37. The molecule has 0 bridgehead atoms. The number of rotatable bonds is 7. The van der Waals surface area contributed by atoms with E-state index < -0.39 is 11.7 Å². The van der Waals surface area contributed by atoms with Gasteiger partial charge in [0.25, 0.3) is 5.91 Å². The molecule has 32 heavy (non-hydrogen) atoms. The molecule has 9 nitrogen and oxygen atoms in total. The summed E-state index contributed by atoms with van der Waals surface area (Å²) in [4.78, 5) is 25.0. The lowest BCUT2D eigenvalue weighted by molar-refractivity contribution is 0.100. The molecule has 0 radical (unpaired) electrons. The standard InChI is InChI=1S/C22H26FN7O2/c1-2-32-19-11-26-18-9-12(7-8-17(18)28-19)27-21-13(20(25)31)10-14(23)22(30-21)29-16-6-4-3-5-15(16)24/h7-11,15-16H,2-6,24H2,1H3,(H2,25,31)(H2,27,29,30). The van der Waals surface area contributed by atoms with Crippen LogP contribution < -0.4 is 26.8 Å². The number of nitrogens with two attached hydrogens (primary N) is 2. The Morgan fingerprint density at radius 2 is 2.00 bits per heavy atom. The zero-order valence-electron chi connectivity index (χ0n) is 17.8. The molecule has 0 spiro atoms. The fourth-order valence-electron chi connectivity index (χ4n) is 3.81. The summed E-state index contributed by atoms with van der Waals surface area (Å²) in [7, 11) is 0. The molecule has 0 aliphatic heterocycles. The minimum absolute atomic E-state index is 0.0294. The van der Waals surface area contributed by atoms with Gasteiger partial charge in [-0.2, -0.15) is 0 Å². The van der Waals surface area contributed by atoms with Crippen LogP contribution in [-0.2, 0) is 0 Å². The van der Waals surface area contributed by atoms with E-state index in [4.69, 9.17) is 16.2 Å². The number of pyridine rings is 1. The Bertz CT molecular complexity index is 1140. The summed E-state index contributed by atoms with van der Waals surface area (Å²) in [6, 6.07) is 6.18. The van der Waals surface area contributed by atoms with E-state index in [0.29, 0.717) is 29.2 Å². The zero-order chi connectivity index (χ0) is 22.7. The number of benzene rings is 1. The average Bonchev–Trinajstić information content (AvgIpc) is 2.77. The topological polar surface area (TPSA) is 141 Å². The Labute approximate surface area is 184 Å². The normalized spacial score (nSPS) is 18.3. The van der Waals surface area contributed by atoms with E-state index >= 15 is 0 Å². The van der Waals surface area contributed by atoms with Gasteiger partial charge in [-0.25, -0.2) is 19.3 Å². The molecule has 2 unspecified atom stereocenters. The fourth-order valence-corrected chi connectivity index (χ4v) is 3.81. The summed E-state index contributed by atoms with van der Waals surface area (Å²) >= 11 is 0.